The molecular formula is C23H26N4O2. The molecule has 3 aromatic heterocycles. The van der Waals surface area contributed by atoms with Crippen LogP contribution in [0.25, 0.3) is 22.3 Å². The smallest absolute Gasteiger partial charge is 0.225 e. The van der Waals surface area contributed by atoms with Gasteiger partial charge < -0.3 is 14.6 Å². The van der Waals surface area contributed by atoms with E-state index < -0.39 is 5.60 Å². The molecule has 1 N–H and O–H groups in total. The largest absolute Gasteiger partial charge is 0.388 e. The third-order valence-electron chi connectivity index (χ3n) is 6.50. The lowest BCUT2D eigenvalue weighted by Gasteiger charge is -2.38. The number of nitrogens with zero attached hydrogens (tertiary/aromatic N) is 4. The van der Waals surface area contributed by atoms with Gasteiger partial charge in [-0.25, -0.2) is 4.98 Å². The molecule has 0 spiro atoms. The van der Waals surface area contributed by atoms with Crippen LogP contribution in [-0.4, -0.2) is 49.1 Å². The summed E-state index contributed by atoms with van der Waals surface area (Å²) in [4.78, 5) is 23.2. The molecule has 1 saturated heterocycles. The van der Waals surface area contributed by atoms with Gasteiger partial charge in [-0.3, -0.25) is 9.78 Å². The van der Waals surface area contributed by atoms with E-state index in [4.69, 9.17) is 4.98 Å². The van der Waals surface area contributed by atoms with Crippen LogP contribution in [0.1, 0.15) is 26.2 Å². The fraction of sp³-hybridized carbons (Fsp3) is 0.435. The number of carbonyl (C=O) groups is 1. The number of pyridine rings is 2. The number of piperidine rings is 1. The quantitative estimate of drug-likeness (QED) is 0.743. The van der Waals surface area contributed by atoms with Gasteiger partial charge in [0.15, 0.2) is 0 Å². The minimum Gasteiger partial charge on any atom is -0.388 e. The van der Waals surface area contributed by atoms with Crippen LogP contribution < -0.4 is 0 Å². The molecule has 1 amide bonds. The summed E-state index contributed by atoms with van der Waals surface area (Å²) in [5.41, 5.74) is 3.09. The van der Waals surface area contributed by atoms with Crippen LogP contribution in [0.15, 0.2) is 48.9 Å². The molecule has 0 aromatic carbocycles. The lowest BCUT2D eigenvalue weighted by atomic mass is 9.91. The van der Waals surface area contributed by atoms with E-state index in [-0.39, 0.29) is 11.8 Å². The van der Waals surface area contributed by atoms with Gasteiger partial charge in [-0.05, 0) is 55.5 Å². The zero-order valence-electron chi connectivity index (χ0n) is 16.7. The van der Waals surface area contributed by atoms with E-state index in [1.165, 1.54) is 0 Å². The Kier molecular flexibility index (Phi) is 4.39. The van der Waals surface area contributed by atoms with Crippen molar-refractivity contribution in [3.05, 3.63) is 48.9 Å². The second-order valence-electron chi connectivity index (χ2n) is 8.65. The number of aromatic nitrogens is 3. The molecule has 0 bridgehead atoms. The predicted octanol–water partition coefficient (Wildman–Crippen LogP) is 3.11. The minimum atomic E-state index is -0.790. The van der Waals surface area contributed by atoms with Crippen LogP contribution in [-0.2, 0) is 11.3 Å². The molecular weight excluding hydrogens is 364 g/mol. The minimum absolute atomic E-state index is 0.218. The Hall–Kier alpha value is -2.73. The zero-order valence-corrected chi connectivity index (χ0v) is 16.7. The average molecular weight is 390 g/mol. The first kappa shape index (κ1) is 18.3. The van der Waals surface area contributed by atoms with Gasteiger partial charge in [-0.2, -0.15) is 0 Å². The van der Waals surface area contributed by atoms with Crippen LogP contribution in [0.4, 0.5) is 0 Å². The molecule has 1 aliphatic heterocycles. The molecule has 29 heavy (non-hydrogen) atoms. The van der Waals surface area contributed by atoms with E-state index in [2.05, 4.69) is 22.5 Å². The Bertz CT molecular complexity index is 1040. The highest BCUT2D eigenvalue weighted by Gasteiger charge is 2.43. The molecule has 2 unspecified atom stereocenters. The van der Waals surface area contributed by atoms with Crippen LogP contribution in [0.5, 0.6) is 0 Å². The van der Waals surface area contributed by atoms with Crippen molar-refractivity contribution < 1.29 is 9.90 Å². The number of fused-ring (bicyclic) bond motifs is 1. The lowest BCUT2D eigenvalue weighted by Crippen LogP contribution is -2.49. The summed E-state index contributed by atoms with van der Waals surface area (Å²) in [6.45, 7) is 3.94. The molecule has 1 saturated carbocycles. The van der Waals surface area contributed by atoms with Crippen molar-refractivity contribution in [2.75, 3.05) is 13.1 Å². The highest BCUT2D eigenvalue weighted by atomic mass is 16.3. The van der Waals surface area contributed by atoms with Gasteiger partial charge >= 0.3 is 0 Å². The monoisotopic (exact) mass is 390 g/mol. The summed E-state index contributed by atoms with van der Waals surface area (Å²) in [6.07, 6.45) is 7.77. The van der Waals surface area contributed by atoms with E-state index in [1.54, 1.807) is 12.4 Å². The van der Waals surface area contributed by atoms with Gasteiger partial charge in [0.2, 0.25) is 5.91 Å². The van der Waals surface area contributed by atoms with Gasteiger partial charge in [-0.1, -0.05) is 6.92 Å². The highest BCUT2D eigenvalue weighted by Crippen LogP contribution is 2.40. The molecule has 2 aliphatic rings. The Balaban J connectivity index is 1.30. The topological polar surface area (TPSA) is 71.2 Å². The van der Waals surface area contributed by atoms with Crippen molar-refractivity contribution >= 4 is 16.9 Å². The van der Waals surface area contributed by atoms with Crippen molar-refractivity contribution in [1.29, 1.82) is 0 Å². The summed E-state index contributed by atoms with van der Waals surface area (Å²) in [5.74, 6) is 1.02. The second kappa shape index (κ2) is 6.95. The van der Waals surface area contributed by atoms with Crippen molar-refractivity contribution in [2.24, 2.45) is 11.8 Å². The normalized spacial score (nSPS) is 23.3. The lowest BCUT2D eigenvalue weighted by molar-refractivity contribution is -0.137. The van der Waals surface area contributed by atoms with Gasteiger partial charge in [0.1, 0.15) is 0 Å². The summed E-state index contributed by atoms with van der Waals surface area (Å²) >= 11 is 0. The van der Waals surface area contributed by atoms with E-state index in [9.17, 15) is 9.90 Å². The van der Waals surface area contributed by atoms with E-state index >= 15 is 0 Å². The van der Waals surface area contributed by atoms with Crippen molar-refractivity contribution in [2.45, 2.75) is 38.3 Å². The van der Waals surface area contributed by atoms with Crippen LogP contribution in [0.2, 0.25) is 0 Å². The first-order valence-electron chi connectivity index (χ1n) is 10.4. The Labute approximate surface area is 170 Å². The number of carbonyl (C=O) groups excluding carboxylic acids is 1. The van der Waals surface area contributed by atoms with Crippen molar-refractivity contribution in [3.8, 4) is 11.3 Å². The average Bonchev–Trinajstić information content (AvgIpc) is 3.35. The molecule has 6 heteroatoms. The number of hydrogen-bond acceptors (Lipinski definition) is 4. The van der Waals surface area contributed by atoms with Crippen LogP contribution >= 0.6 is 0 Å². The standard InChI is InChI=1S/C23H26N4O2/c1-16-14-18(16)22(28)26-12-7-23(29,8-13-26)15-27-11-6-20-21(27)3-2-19(25-20)17-4-9-24-10-5-17/h2-6,9-11,16,18,29H,7-8,12-15H2,1H3. The molecule has 1 aliphatic carbocycles. The molecule has 2 fully saturated rings. The number of likely N-dealkylation sites (tertiary alicyclic amines) is 1. The number of hydrogen-bond donors (Lipinski definition) is 1. The Morgan fingerprint density at radius 1 is 1.17 bits per heavy atom. The van der Waals surface area contributed by atoms with Crippen molar-refractivity contribution in [3.63, 3.8) is 0 Å². The SMILES string of the molecule is CC1CC1C(=O)N1CCC(O)(Cn2ccc3nc(-c4ccncc4)ccc32)CC1. The highest BCUT2D eigenvalue weighted by molar-refractivity contribution is 5.82. The summed E-state index contributed by atoms with van der Waals surface area (Å²) in [6, 6.07) is 9.97. The number of aliphatic hydroxyl groups is 1. The van der Waals surface area contributed by atoms with Gasteiger partial charge in [0, 0.05) is 43.2 Å². The van der Waals surface area contributed by atoms with Gasteiger partial charge in [-0.15, -0.1) is 0 Å². The van der Waals surface area contributed by atoms with Gasteiger partial charge in [0.25, 0.3) is 0 Å². The molecule has 150 valence electrons. The molecule has 6 nitrogen and oxygen atoms in total. The van der Waals surface area contributed by atoms with E-state index in [1.807, 2.05) is 35.4 Å². The zero-order chi connectivity index (χ0) is 20.0. The Morgan fingerprint density at radius 3 is 2.59 bits per heavy atom. The maximum absolute atomic E-state index is 12.4. The first-order chi connectivity index (χ1) is 14.0. The molecule has 2 atom stereocenters. The summed E-state index contributed by atoms with van der Waals surface area (Å²) in [7, 11) is 0. The predicted molar refractivity (Wildman–Crippen MR) is 111 cm³/mol. The van der Waals surface area contributed by atoms with Crippen LogP contribution in [0, 0.1) is 11.8 Å². The third-order valence-corrected chi connectivity index (χ3v) is 6.50. The molecule has 5 rings (SSSR count). The number of rotatable bonds is 4. The fourth-order valence-electron chi connectivity index (χ4n) is 4.41. The summed E-state index contributed by atoms with van der Waals surface area (Å²) in [5, 5.41) is 11.2. The van der Waals surface area contributed by atoms with Crippen molar-refractivity contribution in [1.82, 2.24) is 19.4 Å². The maximum Gasteiger partial charge on any atom is 0.225 e. The van der Waals surface area contributed by atoms with E-state index in [0.29, 0.717) is 38.4 Å². The third kappa shape index (κ3) is 3.53. The maximum atomic E-state index is 12.4. The Morgan fingerprint density at radius 2 is 1.90 bits per heavy atom. The first-order valence-corrected chi connectivity index (χ1v) is 10.4. The molecule has 3 aromatic rings. The molecule has 0 radical (unpaired) electrons. The number of amides is 1. The fourth-order valence-corrected chi connectivity index (χ4v) is 4.41. The van der Waals surface area contributed by atoms with Gasteiger partial charge in [0.05, 0.1) is 28.9 Å². The second-order valence-corrected chi connectivity index (χ2v) is 8.65. The molecule has 4 heterocycles. The summed E-state index contributed by atoms with van der Waals surface area (Å²) < 4.78 is 2.08. The van der Waals surface area contributed by atoms with Crippen LogP contribution in [0.3, 0.4) is 0 Å². The van der Waals surface area contributed by atoms with E-state index in [0.717, 1.165) is 28.7 Å².